The number of carbonyl (C=O) groups is 1. The normalized spacial score (nSPS) is 11.7. The first kappa shape index (κ1) is 18.9. The third-order valence-corrected chi connectivity index (χ3v) is 4.62. The van der Waals surface area contributed by atoms with Gasteiger partial charge in [-0.1, -0.05) is 12.1 Å². The summed E-state index contributed by atoms with van der Waals surface area (Å²) in [6.07, 6.45) is 1.11. The van der Waals surface area contributed by atoms with Gasteiger partial charge >= 0.3 is 0 Å². The largest absolute Gasteiger partial charge is 0.350 e. The SMILES string of the molecule is CC(C)NC(=O)c1ccc(-c2nc3cc(NS(C)(=O)=O)ccc3n2C)cc1. The Balaban J connectivity index is 1.94. The topological polar surface area (TPSA) is 93.1 Å². The fraction of sp³-hybridized carbons (Fsp3) is 0.263. The Bertz CT molecular complexity index is 1100. The number of fused-ring (bicyclic) bond motifs is 1. The van der Waals surface area contributed by atoms with E-state index < -0.39 is 10.0 Å². The van der Waals surface area contributed by atoms with E-state index in [1.807, 2.05) is 43.7 Å². The lowest BCUT2D eigenvalue weighted by Gasteiger charge is -2.09. The van der Waals surface area contributed by atoms with Crippen LogP contribution in [0.4, 0.5) is 5.69 Å². The maximum Gasteiger partial charge on any atom is 0.251 e. The predicted octanol–water partition coefficient (Wildman–Crippen LogP) is 2.75. The number of rotatable bonds is 5. The van der Waals surface area contributed by atoms with Crippen LogP contribution < -0.4 is 10.0 Å². The van der Waals surface area contributed by atoms with E-state index in [-0.39, 0.29) is 11.9 Å². The Morgan fingerprint density at radius 1 is 1.11 bits per heavy atom. The molecule has 8 heteroatoms. The fourth-order valence-electron chi connectivity index (χ4n) is 2.85. The van der Waals surface area contributed by atoms with Crippen LogP contribution >= 0.6 is 0 Å². The predicted molar refractivity (Wildman–Crippen MR) is 107 cm³/mol. The Morgan fingerprint density at radius 2 is 1.78 bits per heavy atom. The molecule has 0 unspecified atom stereocenters. The average molecular weight is 386 g/mol. The second-order valence-corrected chi connectivity index (χ2v) is 8.53. The molecule has 2 N–H and O–H groups in total. The number of benzene rings is 2. The maximum absolute atomic E-state index is 12.1. The molecule has 0 radical (unpaired) electrons. The highest BCUT2D eigenvalue weighted by Gasteiger charge is 2.13. The molecule has 0 saturated carbocycles. The molecule has 2 aromatic carbocycles. The number of nitrogens with one attached hydrogen (secondary N) is 2. The maximum atomic E-state index is 12.1. The van der Waals surface area contributed by atoms with Gasteiger partial charge in [-0.15, -0.1) is 0 Å². The standard InChI is InChI=1S/C19H22N4O3S/c1-12(2)20-19(24)14-7-5-13(6-8-14)18-21-16-11-15(22-27(4,25)26)9-10-17(16)23(18)3/h5-12,22H,1-4H3,(H,20,24). The van der Waals surface area contributed by atoms with Crippen molar-refractivity contribution in [1.82, 2.24) is 14.9 Å². The highest BCUT2D eigenvalue weighted by molar-refractivity contribution is 7.92. The van der Waals surface area contributed by atoms with Crippen LogP contribution in [0.3, 0.4) is 0 Å². The van der Waals surface area contributed by atoms with E-state index in [4.69, 9.17) is 0 Å². The minimum Gasteiger partial charge on any atom is -0.350 e. The van der Waals surface area contributed by atoms with Crippen molar-refractivity contribution in [3.63, 3.8) is 0 Å². The van der Waals surface area contributed by atoms with E-state index in [0.29, 0.717) is 16.8 Å². The fourth-order valence-corrected chi connectivity index (χ4v) is 3.41. The molecule has 3 aromatic rings. The van der Waals surface area contributed by atoms with Crippen LogP contribution in [0.25, 0.3) is 22.4 Å². The second-order valence-electron chi connectivity index (χ2n) is 6.78. The van der Waals surface area contributed by atoms with Crippen molar-refractivity contribution in [2.24, 2.45) is 7.05 Å². The van der Waals surface area contributed by atoms with Gasteiger partial charge in [0.2, 0.25) is 10.0 Å². The number of anilines is 1. The number of hydrogen-bond acceptors (Lipinski definition) is 4. The minimum absolute atomic E-state index is 0.0757. The van der Waals surface area contributed by atoms with Crippen LogP contribution in [0.1, 0.15) is 24.2 Å². The van der Waals surface area contributed by atoms with Crippen molar-refractivity contribution in [1.29, 1.82) is 0 Å². The molecule has 27 heavy (non-hydrogen) atoms. The molecule has 0 fully saturated rings. The third kappa shape index (κ3) is 4.28. The van der Waals surface area contributed by atoms with E-state index in [9.17, 15) is 13.2 Å². The Morgan fingerprint density at radius 3 is 2.37 bits per heavy atom. The molecule has 0 spiro atoms. The first-order valence-electron chi connectivity index (χ1n) is 8.49. The van der Waals surface area contributed by atoms with Gasteiger partial charge in [-0.05, 0) is 44.2 Å². The van der Waals surface area contributed by atoms with Crippen molar-refractivity contribution in [3.8, 4) is 11.4 Å². The summed E-state index contributed by atoms with van der Waals surface area (Å²) in [6.45, 7) is 3.83. The van der Waals surface area contributed by atoms with Crippen molar-refractivity contribution < 1.29 is 13.2 Å². The number of sulfonamides is 1. The van der Waals surface area contributed by atoms with Crippen LogP contribution in [-0.4, -0.2) is 36.2 Å². The molecule has 0 atom stereocenters. The summed E-state index contributed by atoms with van der Waals surface area (Å²) in [7, 11) is -1.45. The Hall–Kier alpha value is -2.87. The number of aromatic nitrogens is 2. The summed E-state index contributed by atoms with van der Waals surface area (Å²) in [6, 6.07) is 12.5. The Kier molecular flexibility index (Phi) is 4.93. The molecule has 3 rings (SSSR count). The number of aryl methyl sites for hydroxylation is 1. The van der Waals surface area contributed by atoms with Gasteiger partial charge in [0, 0.05) is 24.2 Å². The van der Waals surface area contributed by atoms with Crippen LogP contribution in [-0.2, 0) is 17.1 Å². The van der Waals surface area contributed by atoms with Crippen molar-refractivity contribution >= 4 is 32.7 Å². The van der Waals surface area contributed by atoms with Gasteiger partial charge in [0.25, 0.3) is 5.91 Å². The summed E-state index contributed by atoms with van der Waals surface area (Å²) in [5.74, 6) is 0.621. The molecule has 7 nitrogen and oxygen atoms in total. The van der Waals surface area contributed by atoms with E-state index >= 15 is 0 Å². The quantitative estimate of drug-likeness (QED) is 0.705. The summed E-state index contributed by atoms with van der Waals surface area (Å²) in [4.78, 5) is 16.7. The zero-order valence-corrected chi connectivity index (χ0v) is 16.5. The molecule has 1 heterocycles. The van der Waals surface area contributed by atoms with Gasteiger partial charge in [0.05, 0.1) is 23.0 Å². The van der Waals surface area contributed by atoms with Crippen LogP contribution in [0, 0.1) is 0 Å². The zero-order chi connectivity index (χ0) is 19.8. The molecule has 0 bridgehead atoms. The first-order valence-corrected chi connectivity index (χ1v) is 10.4. The summed E-state index contributed by atoms with van der Waals surface area (Å²) in [5.41, 5.74) is 3.49. The molecule has 1 amide bonds. The lowest BCUT2D eigenvalue weighted by molar-refractivity contribution is 0.0943. The van der Waals surface area contributed by atoms with Crippen LogP contribution in [0.5, 0.6) is 0 Å². The van der Waals surface area contributed by atoms with Gasteiger partial charge < -0.3 is 9.88 Å². The molecular weight excluding hydrogens is 364 g/mol. The summed E-state index contributed by atoms with van der Waals surface area (Å²) in [5, 5.41) is 2.86. The lowest BCUT2D eigenvalue weighted by Crippen LogP contribution is -2.29. The molecule has 0 aliphatic carbocycles. The number of carbonyl (C=O) groups excluding carboxylic acids is 1. The molecule has 0 saturated heterocycles. The second kappa shape index (κ2) is 7.03. The number of nitrogens with zero attached hydrogens (tertiary/aromatic N) is 2. The molecule has 0 aliphatic rings. The number of hydrogen-bond donors (Lipinski definition) is 2. The molecule has 0 aliphatic heterocycles. The highest BCUT2D eigenvalue weighted by Crippen LogP contribution is 2.26. The molecular formula is C19H22N4O3S. The minimum atomic E-state index is -3.35. The average Bonchev–Trinajstić information content (AvgIpc) is 2.89. The lowest BCUT2D eigenvalue weighted by atomic mass is 10.1. The van der Waals surface area contributed by atoms with Crippen LogP contribution in [0.15, 0.2) is 42.5 Å². The third-order valence-electron chi connectivity index (χ3n) is 4.01. The van der Waals surface area contributed by atoms with Crippen molar-refractivity contribution in [2.75, 3.05) is 11.0 Å². The Labute approximate surface area is 158 Å². The smallest absolute Gasteiger partial charge is 0.251 e. The highest BCUT2D eigenvalue weighted by atomic mass is 32.2. The number of amides is 1. The van der Waals surface area contributed by atoms with E-state index in [0.717, 1.165) is 23.2 Å². The zero-order valence-electron chi connectivity index (χ0n) is 15.6. The molecule has 142 valence electrons. The van der Waals surface area contributed by atoms with Gasteiger partial charge in [-0.2, -0.15) is 0 Å². The van der Waals surface area contributed by atoms with Gasteiger partial charge in [-0.25, -0.2) is 13.4 Å². The van der Waals surface area contributed by atoms with Gasteiger partial charge in [0.15, 0.2) is 0 Å². The summed E-state index contributed by atoms with van der Waals surface area (Å²) < 4.78 is 27.2. The van der Waals surface area contributed by atoms with E-state index in [1.165, 1.54) is 0 Å². The molecule has 1 aromatic heterocycles. The van der Waals surface area contributed by atoms with Gasteiger partial charge in [-0.3, -0.25) is 9.52 Å². The monoisotopic (exact) mass is 386 g/mol. The van der Waals surface area contributed by atoms with Gasteiger partial charge in [0.1, 0.15) is 5.82 Å². The van der Waals surface area contributed by atoms with E-state index in [2.05, 4.69) is 15.0 Å². The van der Waals surface area contributed by atoms with Crippen molar-refractivity contribution in [3.05, 3.63) is 48.0 Å². The van der Waals surface area contributed by atoms with Crippen LogP contribution in [0.2, 0.25) is 0 Å². The van der Waals surface area contributed by atoms with Crippen molar-refractivity contribution in [2.45, 2.75) is 19.9 Å². The summed E-state index contributed by atoms with van der Waals surface area (Å²) >= 11 is 0. The van der Waals surface area contributed by atoms with E-state index in [1.54, 1.807) is 24.3 Å². The number of imidazole rings is 1. The first-order chi connectivity index (χ1) is 12.6.